The van der Waals surface area contributed by atoms with Crippen LogP contribution in [-0.2, 0) is 4.79 Å². The van der Waals surface area contributed by atoms with E-state index >= 15 is 0 Å². The number of benzene rings is 2. The third-order valence-corrected chi connectivity index (χ3v) is 5.33. The zero-order valence-corrected chi connectivity index (χ0v) is 19.6. The number of amides is 3. The van der Waals surface area contributed by atoms with Crippen molar-refractivity contribution in [1.29, 1.82) is 0 Å². The minimum absolute atomic E-state index is 0.0620. The molecule has 10 heteroatoms. The van der Waals surface area contributed by atoms with Crippen LogP contribution in [-0.4, -0.2) is 51.0 Å². The zero-order chi connectivity index (χ0) is 24.2. The molecule has 176 valence electrons. The molecule has 0 bridgehead atoms. The Balaban J connectivity index is 1.60. The van der Waals surface area contributed by atoms with Crippen molar-refractivity contribution in [2.24, 2.45) is 16.8 Å². The molecule has 1 aliphatic rings. The molecule has 1 unspecified atom stereocenters. The van der Waals surface area contributed by atoms with Gasteiger partial charge in [-0.3, -0.25) is 9.79 Å². The molecule has 0 saturated carbocycles. The Morgan fingerprint density at radius 3 is 2.62 bits per heavy atom. The van der Waals surface area contributed by atoms with Gasteiger partial charge >= 0.3 is 6.03 Å². The number of aromatic nitrogens is 4. The van der Waals surface area contributed by atoms with E-state index in [1.807, 2.05) is 44.2 Å². The summed E-state index contributed by atoms with van der Waals surface area (Å²) in [5, 5.41) is 19.4. The van der Waals surface area contributed by atoms with Crippen molar-refractivity contribution >= 4 is 29.0 Å². The number of nitrogens with zero attached hydrogens (tertiary/aromatic N) is 5. The average molecular weight is 461 g/mol. The maximum Gasteiger partial charge on any atom is 0.321 e. The summed E-state index contributed by atoms with van der Waals surface area (Å²) in [5.74, 6) is 0.440. The van der Waals surface area contributed by atoms with E-state index in [1.54, 1.807) is 23.1 Å². The van der Waals surface area contributed by atoms with Crippen molar-refractivity contribution in [3.8, 4) is 11.4 Å². The molecule has 2 aromatic carbocycles. The maximum atomic E-state index is 13.6. The number of rotatable bonds is 6. The molecule has 0 fully saturated rings. The number of benzodiazepines with no additional fused rings is 1. The second kappa shape index (κ2) is 9.82. The van der Waals surface area contributed by atoms with Crippen molar-refractivity contribution in [3.63, 3.8) is 0 Å². The highest BCUT2D eigenvalue weighted by atomic mass is 16.2. The molecule has 3 N–H and O–H groups in total. The smallest absolute Gasteiger partial charge is 0.308 e. The monoisotopic (exact) mass is 460 g/mol. The number of tetrazole rings is 1. The lowest BCUT2D eigenvalue weighted by Crippen LogP contribution is -2.49. The predicted octanol–water partition coefficient (Wildman–Crippen LogP) is 3.46. The van der Waals surface area contributed by atoms with E-state index in [4.69, 9.17) is 4.99 Å². The largest absolute Gasteiger partial charge is 0.321 e. The molecular formula is C24H28N8O2. The molecule has 3 amide bonds. The number of H-pyrrole nitrogens is 1. The number of nitrogens with one attached hydrogen (secondary N) is 3. The van der Waals surface area contributed by atoms with Gasteiger partial charge in [0.05, 0.1) is 5.69 Å². The van der Waals surface area contributed by atoms with Crippen LogP contribution in [0.5, 0.6) is 0 Å². The molecule has 0 saturated heterocycles. The molecule has 0 aliphatic carbocycles. The first-order chi connectivity index (χ1) is 16.3. The van der Waals surface area contributed by atoms with Gasteiger partial charge in [-0.15, -0.1) is 10.2 Å². The number of carbonyl (C=O) groups excluding carboxylic acids is 2. The van der Waals surface area contributed by atoms with Crippen LogP contribution in [0.15, 0.2) is 53.5 Å². The summed E-state index contributed by atoms with van der Waals surface area (Å²) in [6.45, 7) is 8.68. The molecule has 0 spiro atoms. The van der Waals surface area contributed by atoms with Gasteiger partial charge in [-0.1, -0.05) is 58.0 Å². The third-order valence-electron chi connectivity index (χ3n) is 5.33. The van der Waals surface area contributed by atoms with Gasteiger partial charge in [0.1, 0.15) is 0 Å². The molecule has 34 heavy (non-hydrogen) atoms. The van der Waals surface area contributed by atoms with E-state index in [0.717, 1.165) is 17.0 Å². The molecule has 10 nitrogen and oxygen atoms in total. The zero-order valence-electron chi connectivity index (χ0n) is 19.6. The van der Waals surface area contributed by atoms with Crippen LogP contribution < -0.4 is 15.5 Å². The number of hydrogen-bond acceptors (Lipinski definition) is 6. The molecule has 4 rings (SSSR count). The van der Waals surface area contributed by atoms with Crippen molar-refractivity contribution in [2.45, 2.75) is 33.9 Å². The Hall–Kier alpha value is -4.08. The van der Waals surface area contributed by atoms with Crippen LogP contribution in [0.2, 0.25) is 0 Å². The van der Waals surface area contributed by atoms with Crippen LogP contribution >= 0.6 is 0 Å². The number of para-hydroxylation sites is 1. The topological polar surface area (TPSA) is 128 Å². The number of fused-ring (bicyclic) bond motifs is 1. The molecule has 0 radical (unpaired) electrons. The molecule has 1 atom stereocenters. The first kappa shape index (κ1) is 23.1. The molecule has 1 aromatic heterocycles. The van der Waals surface area contributed by atoms with Gasteiger partial charge in [0.15, 0.2) is 0 Å². The minimum Gasteiger partial charge on any atom is -0.308 e. The van der Waals surface area contributed by atoms with Crippen LogP contribution in [0, 0.1) is 11.8 Å². The summed E-state index contributed by atoms with van der Waals surface area (Å²) in [5.41, 5.74) is 3.71. The van der Waals surface area contributed by atoms with Gasteiger partial charge in [-0.05, 0) is 35.2 Å². The number of hydrogen-bond donors (Lipinski definition) is 3. The Morgan fingerprint density at radius 2 is 1.91 bits per heavy atom. The summed E-state index contributed by atoms with van der Waals surface area (Å²) in [7, 11) is 0. The van der Waals surface area contributed by atoms with E-state index in [9.17, 15) is 9.59 Å². The van der Waals surface area contributed by atoms with E-state index in [2.05, 4.69) is 45.1 Å². The SMILES string of the molecule is CC(C)CN1C(=O)C(NC(=O)Nc2cccc(-c3nn[nH]n3)c2)N=C(C(C)C)c2ccccc21. The second-order valence-electron chi connectivity index (χ2n) is 8.85. The quantitative estimate of drug-likeness (QED) is 0.519. The number of aromatic amines is 1. The standard InChI is InChI=1S/C24H28N8O2/c1-14(2)13-32-19-11-6-5-10-18(19)20(15(3)4)26-22(23(32)33)27-24(34)25-17-9-7-8-16(12-17)21-28-30-31-29-21/h5-12,14-15,22H,13H2,1-4H3,(H2,25,27,34)(H,28,29,30,31). The maximum absolute atomic E-state index is 13.6. The fraction of sp³-hybridized carbons (Fsp3) is 0.333. The van der Waals surface area contributed by atoms with Crippen molar-refractivity contribution < 1.29 is 9.59 Å². The molecular weight excluding hydrogens is 432 g/mol. The van der Waals surface area contributed by atoms with Crippen molar-refractivity contribution in [1.82, 2.24) is 25.9 Å². The van der Waals surface area contributed by atoms with Crippen LogP contribution in [0.4, 0.5) is 16.2 Å². The van der Waals surface area contributed by atoms with Crippen molar-refractivity contribution in [2.75, 3.05) is 16.8 Å². The Kier molecular flexibility index (Phi) is 6.67. The van der Waals surface area contributed by atoms with Crippen LogP contribution in [0.25, 0.3) is 11.4 Å². The Morgan fingerprint density at radius 1 is 1.12 bits per heavy atom. The summed E-state index contributed by atoms with van der Waals surface area (Å²) < 4.78 is 0. The lowest BCUT2D eigenvalue weighted by Gasteiger charge is -2.27. The van der Waals surface area contributed by atoms with E-state index in [0.29, 0.717) is 23.6 Å². The van der Waals surface area contributed by atoms with E-state index in [-0.39, 0.29) is 17.7 Å². The Bertz CT molecular complexity index is 1200. The second-order valence-corrected chi connectivity index (χ2v) is 8.85. The van der Waals surface area contributed by atoms with Gasteiger partial charge in [0.25, 0.3) is 5.91 Å². The lowest BCUT2D eigenvalue weighted by atomic mass is 9.98. The number of aliphatic imine (C=N–C) groups is 1. The number of carbonyl (C=O) groups is 2. The molecule has 2 heterocycles. The summed E-state index contributed by atoms with van der Waals surface area (Å²) >= 11 is 0. The van der Waals surface area contributed by atoms with Gasteiger partial charge in [0, 0.05) is 29.1 Å². The van der Waals surface area contributed by atoms with Gasteiger partial charge in [-0.25, -0.2) is 4.79 Å². The average Bonchev–Trinajstić information content (AvgIpc) is 3.31. The van der Waals surface area contributed by atoms with Crippen LogP contribution in [0.3, 0.4) is 0 Å². The highest BCUT2D eigenvalue weighted by Crippen LogP contribution is 2.29. The highest BCUT2D eigenvalue weighted by Gasteiger charge is 2.33. The highest BCUT2D eigenvalue weighted by molar-refractivity contribution is 6.14. The number of anilines is 2. The summed E-state index contributed by atoms with van der Waals surface area (Å²) in [4.78, 5) is 32.9. The molecule has 1 aliphatic heterocycles. The van der Waals surface area contributed by atoms with Crippen molar-refractivity contribution in [3.05, 3.63) is 54.1 Å². The summed E-state index contributed by atoms with van der Waals surface area (Å²) in [6, 6.07) is 14.3. The first-order valence-electron chi connectivity index (χ1n) is 11.2. The van der Waals surface area contributed by atoms with Crippen LogP contribution in [0.1, 0.15) is 33.3 Å². The van der Waals surface area contributed by atoms with Gasteiger partial charge in [0.2, 0.25) is 12.0 Å². The number of urea groups is 1. The first-order valence-corrected chi connectivity index (χ1v) is 11.2. The van der Waals surface area contributed by atoms with Gasteiger partial charge < -0.3 is 15.5 Å². The van der Waals surface area contributed by atoms with Gasteiger partial charge in [-0.2, -0.15) is 5.21 Å². The molecule has 3 aromatic rings. The lowest BCUT2D eigenvalue weighted by molar-refractivity contribution is -0.120. The van der Waals surface area contributed by atoms with E-state index < -0.39 is 12.2 Å². The Labute approximate surface area is 197 Å². The predicted molar refractivity (Wildman–Crippen MR) is 131 cm³/mol. The fourth-order valence-corrected chi connectivity index (χ4v) is 3.87. The fourth-order valence-electron chi connectivity index (χ4n) is 3.87. The van der Waals surface area contributed by atoms with E-state index in [1.165, 1.54) is 0 Å². The minimum atomic E-state index is -1.05. The third kappa shape index (κ3) is 4.95. The normalized spacial score (nSPS) is 15.7. The summed E-state index contributed by atoms with van der Waals surface area (Å²) in [6.07, 6.45) is -1.05.